The molecule has 0 amide bonds. The third kappa shape index (κ3) is 4.60. The average Bonchev–Trinajstić information content (AvgIpc) is 3.04. The van der Waals surface area contributed by atoms with Crippen LogP contribution in [0.4, 0.5) is 0 Å². The first-order valence-electron chi connectivity index (χ1n) is 13.3. The van der Waals surface area contributed by atoms with E-state index < -0.39 is 10.4 Å². The minimum absolute atomic E-state index is 0.242. The Morgan fingerprint density at radius 2 is 1.72 bits per heavy atom. The number of hydrogen-bond acceptors (Lipinski definition) is 3. The normalized spacial score (nSPS) is 42.7. The topological polar surface area (TPSA) is 63.6 Å². The van der Waals surface area contributed by atoms with Crippen molar-refractivity contribution in [2.75, 3.05) is 0 Å². The van der Waals surface area contributed by atoms with Crippen molar-refractivity contribution in [2.45, 2.75) is 111 Å². The Balaban J connectivity index is 1.47. The molecule has 0 radical (unpaired) electrons. The van der Waals surface area contributed by atoms with Gasteiger partial charge in [-0.2, -0.15) is 8.42 Å². The fourth-order valence-electron chi connectivity index (χ4n) is 8.76. The number of allylic oxidation sites excluding steroid dienone is 2. The van der Waals surface area contributed by atoms with E-state index in [9.17, 15) is 8.42 Å². The highest BCUT2D eigenvalue weighted by Crippen LogP contribution is 2.67. The average molecular weight is 467 g/mol. The van der Waals surface area contributed by atoms with Gasteiger partial charge in [-0.05, 0) is 97.7 Å². The van der Waals surface area contributed by atoms with E-state index in [1.807, 2.05) is 0 Å². The van der Waals surface area contributed by atoms with Crippen LogP contribution < -0.4 is 0 Å². The Bertz CT molecular complexity index is 818. The summed E-state index contributed by atoms with van der Waals surface area (Å²) >= 11 is 0. The fraction of sp³-hybridized carbons (Fsp3) is 0.926. The lowest BCUT2D eigenvalue weighted by molar-refractivity contribution is -0.0373. The van der Waals surface area contributed by atoms with Crippen LogP contribution in [0.5, 0.6) is 0 Å². The molecule has 5 heteroatoms. The van der Waals surface area contributed by atoms with Crippen LogP contribution in [0.25, 0.3) is 0 Å². The highest BCUT2D eigenvalue weighted by atomic mass is 32.3. The first-order valence-corrected chi connectivity index (χ1v) is 14.7. The van der Waals surface area contributed by atoms with Crippen LogP contribution in [0.15, 0.2) is 11.6 Å². The van der Waals surface area contributed by atoms with E-state index in [1.54, 1.807) is 5.57 Å². The van der Waals surface area contributed by atoms with Crippen molar-refractivity contribution in [3.05, 3.63) is 11.6 Å². The molecule has 3 saturated carbocycles. The van der Waals surface area contributed by atoms with Gasteiger partial charge in [0.15, 0.2) is 0 Å². The lowest BCUT2D eigenvalue weighted by atomic mass is 9.47. The van der Waals surface area contributed by atoms with E-state index in [0.29, 0.717) is 17.3 Å². The molecule has 3 fully saturated rings. The summed E-state index contributed by atoms with van der Waals surface area (Å²) in [5.74, 6) is 4.31. The van der Waals surface area contributed by atoms with Gasteiger partial charge >= 0.3 is 10.4 Å². The number of hydrogen-bond donors (Lipinski definition) is 1. The van der Waals surface area contributed by atoms with Crippen LogP contribution in [0.3, 0.4) is 0 Å². The van der Waals surface area contributed by atoms with E-state index in [4.69, 9.17) is 8.74 Å². The van der Waals surface area contributed by atoms with Gasteiger partial charge in [0, 0.05) is 0 Å². The summed E-state index contributed by atoms with van der Waals surface area (Å²) in [5.41, 5.74) is 2.45. The van der Waals surface area contributed by atoms with Gasteiger partial charge in [0.05, 0.1) is 6.10 Å². The second-order valence-corrected chi connectivity index (χ2v) is 13.7. The maximum absolute atomic E-state index is 11.2. The predicted molar refractivity (Wildman–Crippen MR) is 129 cm³/mol. The van der Waals surface area contributed by atoms with Crippen LogP contribution in [0.2, 0.25) is 0 Å². The molecule has 8 atom stereocenters. The van der Waals surface area contributed by atoms with Gasteiger partial charge in [-0.25, -0.2) is 4.18 Å². The van der Waals surface area contributed by atoms with Gasteiger partial charge in [0.2, 0.25) is 0 Å². The summed E-state index contributed by atoms with van der Waals surface area (Å²) in [6.45, 7) is 12.3. The zero-order valence-electron chi connectivity index (χ0n) is 21.0. The standard InChI is InChI=1S/C27H46O4S/c1-18(2)7-6-8-19(3)23-11-12-24-22-10-9-20-17-21(31-32(28,29)30)13-15-26(20,4)25(22)14-16-27(23,24)5/h10,18-21,23-25H,6-9,11-17H2,1-5H3,(H,28,29,30)/t19-,20-,21+,23-,24+,25+,26+,27-/m1/s1. The van der Waals surface area contributed by atoms with Crippen molar-refractivity contribution in [3.63, 3.8) is 0 Å². The molecule has 184 valence electrons. The van der Waals surface area contributed by atoms with E-state index in [0.717, 1.165) is 49.4 Å². The molecular weight excluding hydrogens is 420 g/mol. The van der Waals surface area contributed by atoms with Crippen molar-refractivity contribution in [3.8, 4) is 0 Å². The molecule has 4 rings (SSSR count). The summed E-state index contributed by atoms with van der Waals surface area (Å²) in [6, 6.07) is 0. The van der Waals surface area contributed by atoms with Gasteiger partial charge in [-0.1, -0.05) is 65.5 Å². The summed E-state index contributed by atoms with van der Waals surface area (Å²) in [6.07, 6.45) is 15.2. The van der Waals surface area contributed by atoms with Crippen LogP contribution >= 0.6 is 0 Å². The lowest BCUT2D eigenvalue weighted by Gasteiger charge is -2.58. The van der Waals surface area contributed by atoms with Crippen molar-refractivity contribution in [2.24, 2.45) is 46.3 Å². The molecule has 0 bridgehead atoms. The Hall–Kier alpha value is -0.390. The van der Waals surface area contributed by atoms with Gasteiger partial charge < -0.3 is 0 Å². The van der Waals surface area contributed by atoms with Gasteiger partial charge in [0.1, 0.15) is 0 Å². The molecule has 0 saturated heterocycles. The molecule has 4 aliphatic carbocycles. The predicted octanol–water partition coefficient (Wildman–Crippen LogP) is 7.22. The monoisotopic (exact) mass is 466 g/mol. The Morgan fingerprint density at radius 3 is 2.41 bits per heavy atom. The Morgan fingerprint density at radius 1 is 1.03 bits per heavy atom. The second-order valence-electron chi connectivity index (χ2n) is 12.7. The first-order chi connectivity index (χ1) is 14.9. The minimum atomic E-state index is -4.37. The largest absolute Gasteiger partial charge is 0.397 e. The molecule has 32 heavy (non-hydrogen) atoms. The molecular formula is C27H46O4S. The van der Waals surface area contributed by atoms with Crippen molar-refractivity contribution < 1.29 is 17.2 Å². The molecule has 4 nitrogen and oxygen atoms in total. The van der Waals surface area contributed by atoms with Gasteiger partial charge in [-0.15, -0.1) is 0 Å². The van der Waals surface area contributed by atoms with E-state index in [2.05, 4.69) is 40.7 Å². The highest BCUT2D eigenvalue weighted by Gasteiger charge is 2.58. The summed E-state index contributed by atoms with van der Waals surface area (Å²) in [7, 11) is -4.37. The lowest BCUT2D eigenvalue weighted by Crippen LogP contribution is -2.50. The zero-order chi connectivity index (χ0) is 23.3. The van der Waals surface area contributed by atoms with E-state index in [1.165, 1.54) is 44.9 Å². The molecule has 0 aromatic rings. The summed E-state index contributed by atoms with van der Waals surface area (Å²) in [4.78, 5) is 0. The van der Waals surface area contributed by atoms with Gasteiger partial charge in [-0.3, -0.25) is 4.55 Å². The van der Waals surface area contributed by atoms with Crippen LogP contribution in [0, 0.1) is 46.3 Å². The number of rotatable bonds is 7. The van der Waals surface area contributed by atoms with Gasteiger partial charge in [0.25, 0.3) is 0 Å². The minimum Gasteiger partial charge on any atom is -0.264 e. The molecule has 0 aromatic heterocycles. The highest BCUT2D eigenvalue weighted by molar-refractivity contribution is 7.80. The summed E-state index contributed by atoms with van der Waals surface area (Å²) < 4.78 is 36.6. The maximum atomic E-state index is 11.2. The smallest absolute Gasteiger partial charge is 0.264 e. The van der Waals surface area contributed by atoms with E-state index in [-0.39, 0.29) is 11.5 Å². The van der Waals surface area contributed by atoms with Crippen molar-refractivity contribution in [1.29, 1.82) is 0 Å². The molecule has 0 unspecified atom stereocenters. The molecule has 1 N–H and O–H groups in total. The van der Waals surface area contributed by atoms with Crippen LogP contribution in [-0.4, -0.2) is 19.1 Å². The van der Waals surface area contributed by atoms with E-state index >= 15 is 0 Å². The first kappa shape index (κ1) is 24.7. The SMILES string of the molecule is CC(C)CCC[C@@H](C)[C@H]1CC[C@H]2C3=CC[C@@H]4C[C@@H](OS(=O)(=O)O)CC[C@]4(C)[C@H]3CC[C@]12C. The number of fused-ring (bicyclic) bond motifs is 5. The van der Waals surface area contributed by atoms with Crippen molar-refractivity contribution in [1.82, 2.24) is 0 Å². The molecule has 0 aliphatic heterocycles. The molecule has 0 spiro atoms. The van der Waals surface area contributed by atoms with Crippen LogP contribution in [-0.2, 0) is 14.6 Å². The zero-order valence-corrected chi connectivity index (χ0v) is 21.8. The molecule has 0 heterocycles. The molecule has 0 aromatic carbocycles. The third-order valence-corrected chi connectivity index (χ3v) is 11.0. The van der Waals surface area contributed by atoms with Crippen LogP contribution in [0.1, 0.15) is 105 Å². The summed E-state index contributed by atoms with van der Waals surface area (Å²) in [5, 5.41) is 0. The Kier molecular flexibility index (Phi) is 6.95. The molecule has 4 aliphatic rings. The maximum Gasteiger partial charge on any atom is 0.397 e. The quantitative estimate of drug-likeness (QED) is 0.318. The second kappa shape index (κ2) is 9.00. The van der Waals surface area contributed by atoms with Crippen molar-refractivity contribution >= 4 is 10.4 Å². The third-order valence-electron chi connectivity index (χ3n) is 10.5. The Labute approximate surface area is 196 Å². The fourth-order valence-corrected chi connectivity index (χ4v) is 9.28.